The van der Waals surface area contributed by atoms with Crippen LogP contribution < -0.4 is 10.1 Å². The first-order chi connectivity index (χ1) is 13.4. The van der Waals surface area contributed by atoms with Gasteiger partial charge in [-0.3, -0.25) is 4.79 Å². The molecule has 1 heterocycles. The van der Waals surface area contributed by atoms with E-state index in [9.17, 15) is 9.59 Å². The number of halogens is 2. The average molecular weight is 487 g/mol. The van der Waals surface area contributed by atoms with Gasteiger partial charge in [-0.25, -0.2) is 4.79 Å². The molecule has 2 aromatic rings. The second-order valence-corrected chi connectivity index (χ2v) is 9.12. The average Bonchev–Trinajstić information content (AvgIpc) is 2.97. The normalized spacial score (nSPS) is 15.6. The Morgan fingerprint density at radius 2 is 2.18 bits per heavy atom. The van der Waals surface area contributed by atoms with E-state index in [1.165, 1.54) is 11.3 Å². The van der Waals surface area contributed by atoms with Crippen LogP contribution in [0.25, 0.3) is 0 Å². The SMILES string of the molecule is CCOC(=O)c1c(NC(=O)COc2ccc(Br)cc2Cl)sc2c1CCC(C)C2. The number of esters is 1. The zero-order valence-corrected chi connectivity index (χ0v) is 18.8. The van der Waals surface area contributed by atoms with Crippen molar-refractivity contribution in [3.05, 3.63) is 43.7 Å². The van der Waals surface area contributed by atoms with Crippen LogP contribution in [0, 0.1) is 5.92 Å². The fraction of sp³-hybridized carbons (Fsp3) is 0.400. The molecule has 8 heteroatoms. The number of ether oxygens (including phenoxy) is 2. The van der Waals surface area contributed by atoms with Crippen LogP contribution in [0.1, 0.15) is 41.1 Å². The molecule has 1 aliphatic rings. The van der Waals surface area contributed by atoms with Gasteiger partial charge < -0.3 is 14.8 Å². The molecule has 1 aromatic heterocycles. The maximum Gasteiger partial charge on any atom is 0.341 e. The fourth-order valence-electron chi connectivity index (χ4n) is 3.16. The second kappa shape index (κ2) is 9.29. The summed E-state index contributed by atoms with van der Waals surface area (Å²) in [6.45, 7) is 4.05. The third kappa shape index (κ3) is 4.88. The zero-order valence-electron chi connectivity index (χ0n) is 15.6. The lowest BCUT2D eigenvalue weighted by Gasteiger charge is -2.18. The highest BCUT2D eigenvalue weighted by atomic mass is 79.9. The molecular formula is C20H21BrClNO4S. The molecule has 1 aromatic carbocycles. The highest BCUT2D eigenvalue weighted by Gasteiger charge is 2.29. The monoisotopic (exact) mass is 485 g/mol. The number of carbonyl (C=O) groups excluding carboxylic acids is 2. The summed E-state index contributed by atoms with van der Waals surface area (Å²) in [4.78, 5) is 26.1. The zero-order chi connectivity index (χ0) is 20.3. The van der Waals surface area contributed by atoms with Crippen molar-refractivity contribution in [1.82, 2.24) is 0 Å². The lowest BCUT2D eigenvalue weighted by atomic mass is 9.88. The summed E-state index contributed by atoms with van der Waals surface area (Å²) in [5.74, 6) is 0.246. The van der Waals surface area contributed by atoms with E-state index in [4.69, 9.17) is 21.1 Å². The smallest absolute Gasteiger partial charge is 0.341 e. The molecule has 0 saturated heterocycles. The predicted octanol–water partition coefficient (Wildman–Crippen LogP) is 5.48. The molecule has 0 spiro atoms. The van der Waals surface area contributed by atoms with Crippen molar-refractivity contribution in [2.24, 2.45) is 5.92 Å². The number of amides is 1. The second-order valence-electron chi connectivity index (χ2n) is 6.69. The summed E-state index contributed by atoms with van der Waals surface area (Å²) in [5, 5.41) is 3.77. The van der Waals surface area contributed by atoms with Crippen molar-refractivity contribution >= 4 is 55.7 Å². The standard InChI is InChI=1S/C20H21BrClNO4S/c1-3-26-20(25)18-13-6-4-11(2)8-16(13)28-19(18)23-17(24)10-27-15-7-5-12(21)9-14(15)22/h5,7,9,11H,3-4,6,8,10H2,1-2H3,(H,23,24). The third-order valence-corrected chi connectivity index (χ3v) is 6.46. The van der Waals surface area contributed by atoms with Crippen LogP contribution in [-0.4, -0.2) is 25.1 Å². The molecule has 3 rings (SSSR count). The van der Waals surface area contributed by atoms with E-state index in [1.807, 2.05) is 0 Å². The number of fused-ring (bicyclic) bond motifs is 1. The van der Waals surface area contributed by atoms with Gasteiger partial charge in [-0.1, -0.05) is 34.5 Å². The molecule has 28 heavy (non-hydrogen) atoms. The van der Waals surface area contributed by atoms with Gasteiger partial charge in [0.15, 0.2) is 6.61 Å². The Labute approximate surface area is 181 Å². The molecule has 0 saturated carbocycles. The molecule has 1 atom stereocenters. The topological polar surface area (TPSA) is 64.6 Å². The molecule has 150 valence electrons. The van der Waals surface area contributed by atoms with Crippen molar-refractivity contribution in [2.75, 3.05) is 18.5 Å². The van der Waals surface area contributed by atoms with Crippen LogP contribution >= 0.6 is 38.9 Å². The third-order valence-electron chi connectivity index (χ3n) is 4.50. The van der Waals surface area contributed by atoms with Gasteiger partial charge in [0, 0.05) is 9.35 Å². The summed E-state index contributed by atoms with van der Waals surface area (Å²) in [6.07, 6.45) is 2.75. The number of nitrogens with one attached hydrogen (secondary N) is 1. The minimum absolute atomic E-state index is 0.206. The van der Waals surface area contributed by atoms with Crippen molar-refractivity contribution in [3.63, 3.8) is 0 Å². The van der Waals surface area contributed by atoms with E-state index in [2.05, 4.69) is 28.2 Å². The Hall–Kier alpha value is -1.57. The Kier molecular flexibility index (Phi) is 7.01. The molecule has 0 fully saturated rings. The first-order valence-corrected chi connectivity index (χ1v) is 11.1. The lowest BCUT2D eigenvalue weighted by molar-refractivity contribution is -0.118. The summed E-state index contributed by atoms with van der Waals surface area (Å²) in [6, 6.07) is 5.17. The van der Waals surface area contributed by atoms with Gasteiger partial charge in [0.25, 0.3) is 5.91 Å². The summed E-state index contributed by atoms with van der Waals surface area (Å²) < 4.78 is 11.6. The number of rotatable bonds is 6. The highest BCUT2D eigenvalue weighted by molar-refractivity contribution is 9.10. The number of benzene rings is 1. The van der Waals surface area contributed by atoms with Crippen LogP contribution in [0.2, 0.25) is 5.02 Å². The van der Waals surface area contributed by atoms with Crippen LogP contribution in [0.15, 0.2) is 22.7 Å². The molecule has 1 unspecified atom stereocenters. The number of hydrogen-bond donors (Lipinski definition) is 1. The Morgan fingerprint density at radius 3 is 2.89 bits per heavy atom. The number of thiophene rings is 1. The molecule has 5 nitrogen and oxygen atoms in total. The first kappa shape index (κ1) is 21.1. The fourth-order valence-corrected chi connectivity index (χ4v) is 5.30. The molecular weight excluding hydrogens is 466 g/mol. The van der Waals surface area contributed by atoms with E-state index in [0.29, 0.717) is 33.9 Å². The maximum absolute atomic E-state index is 12.5. The van der Waals surface area contributed by atoms with E-state index in [1.54, 1.807) is 25.1 Å². The molecule has 1 amide bonds. The van der Waals surface area contributed by atoms with Gasteiger partial charge in [-0.15, -0.1) is 11.3 Å². The van der Waals surface area contributed by atoms with Gasteiger partial charge in [-0.2, -0.15) is 0 Å². The number of carbonyl (C=O) groups is 2. The maximum atomic E-state index is 12.5. The van der Waals surface area contributed by atoms with E-state index in [-0.39, 0.29) is 18.5 Å². The molecule has 1 N–H and O–H groups in total. The van der Waals surface area contributed by atoms with Crippen molar-refractivity contribution in [2.45, 2.75) is 33.1 Å². The van der Waals surface area contributed by atoms with Crippen LogP contribution in [-0.2, 0) is 22.4 Å². The highest BCUT2D eigenvalue weighted by Crippen LogP contribution is 2.40. The first-order valence-electron chi connectivity index (χ1n) is 9.08. The molecule has 0 aliphatic heterocycles. The number of hydrogen-bond acceptors (Lipinski definition) is 5. The lowest BCUT2D eigenvalue weighted by Crippen LogP contribution is -2.21. The summed E-state index contributed by atoms with van der Waals surface area (Å²) >= 11 is 10.9. The van der Waals surface area contributed by atoms with Gasteiger partial charge in [0.2, 0.25) is 0 Å². The van der Waals surface area contributed by atoms with Crippen molar-refractivity contribution in [1.29, 1.82) is 0 Å². The van der Waals surface area contributed by atoms with E-state index < -0.39 is 0 Å². The Balaban J connectivity index is 1.75. The molecule has 0 radical (unpaired) electrons. The predicted molar refractivity (Wildman–Crippen MR) is 115 cm³/mol. The van der Waals surface area contributed by atoms with Crippen molar-refractivity contribution < 1.29 is 19.1 Å². The summed E-state index contributed by atoms with van der Waals surface area (Å²) in [5.41, 5.74) is 1.50. The van der Waals surface area contributed by atoms with Crippen LogP contribution in [0.3, 0.4) is 0 Å². The molecule has 1 aliphatic carbocycles. The van der Waals surface area contributed by atoms with E-state index in [0.717, 1.165) is 34.2 Å². The molecule has 0 bridgehead atoms. The Morgan fingerprint density at radius 1 is 1.39 bits per heavy atom. The van der Waals surface area contributed by atoms with Crippen molar-refractivity contribution in [3.8, 4) is 5.75 Å². The minimum atomic E-state index is -0.387. The van der Waals surface area contributed by atoms with Crippen LogP contribution in [0.5, 0.6) is 5.75 Å². The Bertz CT molecular complexity index is 899. The largest absolute Gasteiger partial charge is 0.482 e. The minimum Gasteiger partial charge on any atom is -0.482 e. The van der Waals surface area contributed by atoms with Gasteiger partial charge >= 0.3 is 5.97 Å². The number of anilines is 1. The van der Waals surface area contributed by atoms with Gasteiger partial charge in [0.1, 0.15) is 10.8 Å². The summed E-state index contributed by atoms with van der Waals surface area (Å²) in [7, 11) is 0. The van der Waals surface area contributed by atoms with Crippen LogP contribution in [0.4, 0.5) is 5.00 Å². The van der Waals surface area contributed by atoms with Gasteiger partial charge in [0.05, 0.1) is 17.2 Å². The van der Waals surface area contributed by atoms with Gasteiger partial charge in [-0.05, 0) is 55.9 Å². The van der Waals surface area contributed by atoms with E-state index >= 15 is 0 Å². The quantitative estimate of drug-likeness (QED) is 0.549.